The highest BCUT2D eigenvalue weighted by Gasteiger charge is 2.16. The Hall–Kier alpha value is -1.91. The lowest BCUT2D eigenvalue weighted by Crippen LogP contribution is -2.38. The van der Waals surface area contributed by atoms with Crippen LogP contribution in [0.2, 0.25) is 0 Å². The standard InChI is InChI=1S/C10H12N2O3/c1-6-4-3-5-11-8(6)9(13)12-7(2)10(14)15/h3-5,7H,1-2H3,(H,12,13)(H,14,15)/t7-/m1/s1. The molecule has 1 aromatic heterocycles. The predicted molar refractivity (Wildman–Crippen MR) is 53.5 cm³/mol. The van der Waals surface area contributed by atoms with E-state index in [1.807, 2.05) is 0 Å². The Kier molecular flexibility index (Phi) is 3.38. The topological polar surface area (TPSA) is 79.3 Å². The molecule has 0 aliphatic carbocycles. The summed E-state index contributed by atoms with van der Waals surface area (Å²) in [6.45, 7) is 3.14. The molecule has 0 aliphatic heterocycles. The summed E-state index contributed by atoms with van der Waals surface area (Å²) in [5.41, 5.74) is 0.971. The van der Waals surface area contributed by atoms with Crippen LogP contribution in [0.25, 0.3) is 0 Å². The van der Waals surface area contributed by atoms with E-state index in [1.165, 1.54) is 13.1 Å². The average molecular weight is 208 g/mol. The maximum atomic E-state index is 11.5. The second kappa shape index (κ2) is 4.54. The van der Waals surface area contributed by atoms with Crippen molar-refractivity contribution in [2.45, 2.75) is 19.9 Å². The molecule has 0 saturated carbocycles. The van der Waals surface area contributed by atoms with E-state index >= 15 is 0 Å². The molecule has 0 fully saturated rings. The highest BCUT2D eigenvalue weighted by Crippen LogP contribution is 2.02. The van der Waals surface area contributed by atoms with Crippen molar-refractivity contribution in [1.82, 2.24) is 10.3 Å². The minimum atomic E-state index is -1.07. The maximum Gasteiger partial charge on any atom is 0.325 e. The normalized spacial score (nSPS) is 11.9. The zero-order valence-corrected chi connectivity index (χ0v) is 8.52. The summed E-state index contributed by atoms with van der Waals surface area (Å²) >= 11 is 0. The number of hydrogen-bond acceptors (Lipinski definition) is 3. The van der Waals surface area contributed by atoms with Crippen molar-refractivity contribution in [1.29, 1.82) is 0 Å². The lowest BCUT2D eigenvalue weighted by molar-refractivity contribution is -0.138. The van der Waals surface area contributed by atoms with Gasteiger partial charge in [-0.05, 0) is 25.5 Å². The number of amides is 1. The van der Waals surface area contributed by atoms with Crippen LogP contribution in [0.15, 0.2) is 18.3 Å². The molecule has 15 heavy (non-hydrogen) atoms. The van der Waals surface area contributed by atoms with Crippen molar-refractivity contribution in [2.24, 2.45) is 0 Å². The van der Waals surface area contributed by atoms with Crippen molar-refractivity contribution in [3.8, 4) is 0 Å². The van der Waals surface area contributed by atoms with Crippen LogP contribution in [0, 0.1) is 6.92 Å². The fourth-order valence-electron chi connectivity index (χ4n) is 1.05. The molecule has 1 atom stereocenters. The van der Waals surface area contributed by atoms with Gasteiger partial charge in [-0.3, -0.25) is 14.6 Å². The van der Waals surface area contributed by atoms with Gasteiger partial charge in [0.05, 0.1) is 0 Å². The number of aromatic nitrogens is 1. The van der Waals surface area contributed by atoms with Gasteiger partial charge in [-0.2, -0.15) is 0 Å². The molecular formula is C10H12N2O3. The van der Waals surface area contributed by atoms with Crippen molar-refractivity contribution in [3.05, 3.63) is 29.6 Å². The number of nitrogens with zero attached hydrogens (tertiary/aromatic N) is 1. The van der Waals surface area contributed by atoms with Gasteiger partial charge in [0.1, 0.15) is 11.7 Å². The third kappa shape index (κ3) is 2.77. The van der Waals surface area contributed by atoms with E-state index in [1.54, 1.807) is 19.1 Å². The molecule has 80 valence electrons. The maximum absolute atomic E-state index is 11.5. The Labute approximate surface area is 87.1 Å². The van der Waals surface area contributed by atoms with Gasteiger partial charge in [0.25, 0.3) is 5.91 Å². The first-order chi connectivity index (χ1) is 7.02. The Balaban J connectivity index is 2.78. The molecule has 5 heteroatoms. The Bertz CT molecular complexity index is 390. The molecule has 0 aromatic carbocycles. The van der Waals surface area contributed by atoms with Gasteiger partial charge in [0, 0.05) is 6.20 Å². The van der Waals surface area contributed by atoms with Gasteiger partial charge in [-0.1, -0.05) is 6.07 Å². The third-order valence-electron chi connectivity index (χ3n) is 1.94. The van der Waals surface area contributed by atoms with Crippen LogP contribution in [0.5, 0.6) is 0 Å². The molecule has 1 amide bonds. The van der Waals surface area contributed by atoms with Gasteiger partial charge in [0.2, 0.25) is 0 Å². The van der Waals surface area contributed by atoms with Crippen LogP contribution in [-0.4, -0.2) is 28.0 Å². The number of aliphatic carboxylic acids is 1. The molecule has 0 saturated heterocycles. The molecular weight excluding hydrogens is 196 g/mol. The van der Waals surface area contributed by atoms with E-state index in [2.05, 4.69) is 10.3 Å². The number of carboxylic acid groups (broad SMARTS) is 1. The summed E-state index contributed by atoms with van der Waals surface area (Å²) in [5.74, 6) is -1.54. The molecule has 0 unspecified atom stereocenters. The molecule has 0 aliphatic rings. The van der Waals surface area contributed by atoms with E-state index in [4.69, 9.17) is 5.11 Å². The zero-order chi connectivity index (χ0) is 11.4. The van der Waals surface area contributed by atoms with Gasteiger partial charge in [0.15, 0.2) is 0 Å². The molecule has 5 nitrogen and oxygen atoms in total. The summed E-state index contributed by atoms with van der Waals surface area (Å²) in [4.78, 5) is 25.9. The van der Waals surface area contributed by atoms with E-state index in [0.717, 1.165) is 0 Å². The Morgan fingerprint density at radius 1 is 1.53 bits per heavy atom. The highest BCUT2D eigenvalue weighted by molar-refractivity contribution is 5.95. The van der Waals surface area contributed by atoms with Gasteiger partial charge < -0.3 is 10.4 Å². The smallest absolute Gasteiger partial charge is 0.325 e. The third-order valence-corrected chi connectivity index (χ3v) is 1.94. The van der Waals surface area contributed by atoms with Crippen LogP contribution >= 0.6 is 0 Å². The van der Waals surface area contributed by atoms with E-state index < -0.39 is 17.9 Å². The fraction of sp³-hybridized carbons (Fsp3) is 0.300. The molecule has 0 radical (unpaired) electrons. The zero-order valence-electron chi connectivity index (χ0n) is 8.52. The van der Waals surface area contributed by atoms with Crippen molar-refractivity contribution < 1.29 is 14.7 Å². The molecule has 2 N–H and O–H groups in total. The van der Waals surface area contributed by atoms with Crippen molar-refractivity contribution >= 4 is 11.9 Å². The first-order valence-corrected chi connectivity index (χ1v) is 4.47. The summed E-state index contributed by atoms with van der Waals surface area (Å²) in [6.07, 6.45) is 1.49. The van der Waals surface area contributed by atoms with Crippen LogP contribution in [-0.2, 0) is 4.79 Å². The molecule has 0 spiro atoms. The van der Waals surface area contributed by atoms with E-state index in [0.29, 0.717) is 5.56 Å². The largest absolute Gasteiger partial charge is 0.480 e. The fourth-order valence-corrected chi connectivity index (χ4v) is 1.05. The second-order valence-corrected chi connectivity index (χ2v) is 3.20. The van der Waals surface area contributed by atoms with E-state index in [9.17, 15) is 9.59 Å². The van der Waals surface area contributed by atoms with Crippen molar-refractivity contribution in [2.75, 3.05) is 0 Å². The lowest BCUT2D eigenvalue weighted by atomic mass is 10.2. The summed E-state index contributed by atoms with van der Waals surface area (Å²) in [7, 11) is 0. The van der Waals surface area contributed by atoms with Crippen LogP contribution < -0.4 is 5.32 Å². The minimum absolute atomic E-state index is 0.255. The predicted octanol–water partition coefficient (Wildman–Crippen LogP) is 0.593. The molecule has 1 heterocycles. The number of nitrogens with one attached hydrogen (secondary N) is 1. The van der Waals surface area contributed by atoms with Gasteiger partial charge in [-0.25, -0.2) is 0 Å². The average Bonchev–Trinajstić information content (AvgIpc) is 2.18. The molecule has 1 aromatic rings. The lowest BCUT2D eigenvalue weighted by Gasteiger charge is -2.09. The number of carbonyl (C=O) groups is 2. The first-order valence-electron chi connectivity index (χ1n) is 4.47. The number of rotatable bonds is 3. The number of carbonyl (C=O) groups excluding carboxylic acids is 1. The summed E-state index contributed by atoms with van der Waals surface area (Å²) in [6, 6.07) is 2.54. The molecule has 1 rings (SSSR count). The quantitative estimate of drug-likeness (QED) is 0.762. The van der Waals surface area contributed by atoms with Gasteiger partial charge in [-0.15, -0.1) is 0 Å². The second-order valence-electron chi connectivity index (χ2n) is 3.20. The van der Waals surface area contributed by atoms with Crippen LogP contribution in [0.4, 0.5) is 0 Å². The number of aryl methyl sites for hydroxylation is 1. The highest BCUT2D eigenvalue weighted by atomic mass is 16.4. The molecule has 0 bridgehead atoms. The summed E-state index contributed by atoms with van der Waals surface area (Å²) in [5, 5.41) is 10.9. The Morgan fingerprint density at radius 3 is 2.73 bits per heavy atom. The van der Waals surface area contributed by atoms with Crippen LogP contribution in [0.1, 0.15) is 23.0 Å². The number of hydrogen-bond donors (Lipinski definition) is 2. The SMILES string of the molecule is Cc1cccnc1C(=O)N[C@H](C)C(=O)O. The van der Waals surface area contributed by atoms with Gasteiger partial charge >= 0.3 is 5.97 Å². The minimum Gasteiger partial charge on any atom is -0.480 e. The first kappa shape index (κ1) is 11.2. The Morgan fingerprint density at radius 2 is 2.20 bits per heavy atom. The summed E-state index contributed by atoms with van der Waals surface area (Å²) < 4.78 is 0. The number of carboxylic acids is 1. The van der Waals surface area contributed by atoms with Crippen LogP contribution in [0.3, 0.4) is 0 Å². The monoisotopic (exact) mass is 208 g/mol. The van der Waals surface area contributed by atoms with E-state index in [-0.39, 0.29) is 5.69 Å². The number of pyridine rings is 1. The van der Waals surface area contributed by atoms with Crippen molar-refractivity contribution in [3.63, 3.8) is 0 Å².